The first-order chi connectivity index (χ1) is 14.1. The Morgan fingerprint density at radius 2 is 1.97 bits per heavy atom. The van der Waals surface area contributed by atoms with E-state index >= 15 is 0 Å². The van der Waals surface area contributed by atoms with Crippen LogP contribution in [-0.2, 0) is 17.8 Å². The highest BCUT2D eigenvalue weighted by molar-refractivity contribution is 5.98. The fraction of sp³-hybridized carbons (Fsp3) is 0.261. The molecule has 3 atom stereocenters. The summed E-state index contributed by atoms with van der Waals surface area (Å²) >= 11 is 0. The summed E-state index contributed by atoms with van der Waals surface area (Å²) in [5, 5.41) is 25.7. The third kappa shape index (κ3) is 2.23. The molecular weight excluding hydrogens is 366 g/mol. The Balaban J connectivity index is 1.58. The van der Waals surface area contributed by atoms with E-state index in [0.29, 0.717) is 10.9 Å². The van der Waals surface area contributed by atoms with Crippen LogP contribution in [0.15, 0.2) is 48.8 Å². The van der Waals surface area contributed by atoms with Gasteiger partial charge in [0.25, 0.3) is 0 Å². The van der Waals surface area contributed by atoms with Crippen LogP contribution in [-0.4, -0.2) is 31.9 Å². The van der Waals surface area contributed by atoms with Gasteiger partial charge >= 0.3 is 0 Å². The van der Waals surface area contributed by atoms with Gasteiger partial charge in [0.05, 0.1) is 11.4 Å². The molecule has 4 heterocycles. The number of amides is 1. The number of nitrogens with one attached hydrogen (secondary N) is 2. The number of carbonyl (C=O) groups is 1. The van der Waals surface area contributed by atoms with E-state index in [4.69, 9.17) is 0 Å². The molecule has 0 aliphatic carbocycles. The maximum absolute atomic E-state index is 12.9. The molecule has 146 valence electrons. The number of carbonyl (C=O) groups excluding carboxylic acids is 1. The fourth-order valence-electron chi connectivity index (χ4n) is 5.34. The Kier molecular flexibility index (Phi) is 3.38. The number of para-hydroxylation sites is 1. The zero-order chi connectivity index (χ0) is 19.7. The van der Waals surface area contributed by atoms with Crippen molar-refractivity contribution >= 4 is 27.7 Å². The minimum Gasteiger partial charge on any atom is -0.507 e. The number of nitrogens with zero attached hydrogens (tertiary/aromatic N) is 1. The summed E-state index contributed by atoms with van der Waals surface area (Å²) in [6.45, 7) is 0.941. The molecule has 1 saturated heterocycles. The third-order valence-electron chi connectivity index (χ3n) is 6.54. The topological polar surface area (TPSA) is 90.3 Å². The lowest BCUT2D eigenvalue weighted by molar-refractivity contribution is -0.121. The van der Waals surface area contributed by atoms with Gasteiger partial charge in [-0.2, -0.15) is 0 Å². The van der Waals surface area contributed by atoms with Crippen molar-refractivity contribution in [1.29, 1.82) is 0 Å². The molecule has 2 aliphatic heterocycles. The van der Waals surface area contributed by atoms with Gasteiger partial charge in [0, 0.05) is 41.1 Å². The minimum absolute atomic E-state index is 0.134. The first-order valence-corrected chi connectivity index (χ1v) is 10.0. The Morgan fingerprint density at radius 3 is 2.86 bits per heavy atom. The zero-order valence-corrected chi connectivity index (χ0v) is 15.7. The third-order valence-corrected chi connectivity index (χ3v) is 6.54. The smallest absolute Gasteiger partial charge is 0.230 e. The number of aliphatic hydroxyl groups is 1. The number of aromatic nitrogens is 2. The number of hydrogen-bond donors (Lipinski definition) is 4. The average Bonchev–Trinajstić information content (AvgIpc) is 3.37. The van der Waals surface area contributed by atoms with Gasteiger partial charge in [-0.3, -0.25) is 4.79 Å². The van der Waals surface area contributed by atoms with E-state index in [0.717, 1.165) is 35.9 Å². The molecule has 0 spiro atoms. The lowest BCUT2D eigenvalue weighted by Gasteiger charge is -2.19. The van der Waals surface area contributed by atoms with Gasteiger partial charge in [-0.1, -0.05) is 24.3 Å². The number of phenols is 1. The molecule has 0 bridgehead atoms. The van der Waals surface area contributed by atoms with Gasteiger partial charge < -0.3 is 25.1 Å². The summed E-state index contributed by atoms with van der Waals surface area (Å²) in [4.78, 5) is 16.1. The van der Waals surface area contributed by atoms with Crippen molar-refractivity contribution in [3.63, 3.8) is 0 Å². The fourth-order valence-corrected chi connectivity index (χ4v) is 5.34. The summed E-state index contributed by atoms with van der Waals surface area (Å²) in [7, 11) is 0. The minimum atomic E-state index is -0.980. The number of fused-ring (bicyclic) bond motifs is 1. The van der Waals surface area contributed by atoms with Crippen LogP contribution in [0, 0.1) is 0 Å². The molecule has 0 radical (unpaired) electrons. The maximum atomic E-state index is 12.9. The van der Waals surface area contributed by atoms with E-state index in [-0.39, 0.29) is 11.7 Å². The molecule has 6 rings (SSSR count). The summed E-state index contributed by atoms with van der Waals surface area (Å²) in [5.41, 5.74) is 4.98. The lowest BCUT2D eigenvalue weighted by atomic mass is 9.82. The highest BCUT2D eigenvalue weighted by Crippen LogP contribution is 2.46. The molecule has 6 nitrogen and oxygen atoms in total. The maximum Gasteiger partial charge on any atom is 0.230 e. The van der Waals surface area contributed by atoms with Gasteiger partial charge in [-0.15, -0.1) is 0 Å². The lowest BCUT2D eigenvalue weighted by Crippen LogP contribution is -2.27. The predicted molar refractivity (Wildman–Crippen MR) is 110 cm³/mol. The van der Waals surface area contributed by atoms with Gasteiger partial charge in [-0.05, 0) is 41.7 Å². The SMILES string of the molecule is O=C1NC(O)[C@@H](c2cn3c4c(cccc24)CCC3)[C@@H]1c1c[nH]c2cccc(O)c12. The number of benzene rings is 2. The molecule has 2 aromatic carbocycles. The van der Waals surface area contributed by atoms with Crippen LogP contribution in [0.1, 0.15) is 34.9 Å². The monoisotopic (exact) mass is 387 g/mol. The van der Waals surface area contributed by atoms with Crippen molar-refractivity contribution in [3.05, 3.63) is 65.5 Å². The van der Waals surface area contributed by atoms with E-state index in [1.54, 1.807) is 18.3 Å². The molecule has 1 amide bonds. The van der Waals surface area contributed by atoms with E-state index < -0.39 is 18.1 Å². The van der Waals surface area contributed by atoms with Crippen molar-refractivity contribution in [2.24, 2.45) is 0 Å². The second-order valence-electron chi connectivity index (χ2n) is 8.10. The number of aromatic hydroxyl groups is 1. The number of aromatic amines is 1. The zero-order valence-electron chi connectivity index (χ0n) is 15.7. The molecule has 1 fully saturated rings. The Morgan fingerprint density at radius 1 is 1.10 bits per heavy atom. The van der Waals surface area contributed by atoms with E-state index in [2.05, 4.69) is 39.3 Å². The highest BCUT2D eigenvalue weighted by Gasteiger charge is 2.45. The predicted octanol–water partition coefficient (Wildman–Crippen LogP) is 3.09. The van der Waals surface area contributed by atoms with Crippen LogP contribution in [0.3, 0.4) is 0 Å². The van der Waals surface area contributed by atoms with E-state index in [9.17, 15) is 15.0 Å². The first kappa shape index (κ1) is 16.7. The van der Waals surface area contributed by atoms with Crippen LogP contribution in [0.2, 0.25) is 0 Å². The summed E-state index contributed by atoms with van der Waals surface area (Å²) < 4.78 is 2.25. The van der Waals surface area contributed by atoms with Crippen LogP contribution >= 0.6 is 0 Å². The molecule has 0 saturated carbocycles. The van der Waals surface area contributed by atoms with Crippen molar-refractivity contribution in [1.82, 2.24) is 14.9 Å². The number of hydrogen-bond acceptors (Lipinski definition) is 3. The molecule has 2 aromatic heterocycles. The van der Waals surface area contributed by atoms with Crippen LogP contribution in [0.25, 0.3) is 21.8 Å². The summed E-state index contributed by atoms with van der Waals surface area (Å²) in [5.74, 6) is -1.11. The van der Waals surface area contributed by atoms with Gasteiger partial charge in [0.15, 0.2) is 0 Å². The number of rotatable bonds is 2. The average molecular weight is 387 g/mol. The molecule has 29 heavy (non-hydrogen) atoms. The van der Waals surface area contributed by atoms with Crippen LogP contribution < -0.4 is 5.32 Å². The molecule has 6 heteroatoms. The normalized spacial score (nSPS) is 23.8. The van der Waals surface area contributed by atoms with Crippen molar-refractivity contribution in [3.8, 4) is 5.75 Å². The summed E-state index contributed by atoms with van der Waals surface area (Å²) in [6, 6.07) is 11.6. The molecule has 4 N–H and O–H groups in total. The van der Waals surface area contributed by atoms with Gasteiger partial charge in [-0.25, -0.2) is 0 Å². The summed E-state index contributed by atoms with van der Waals surface area (Å²) in [6.07, 6.45) is 5.03. The van der Waals surface area contributed by atoms with Crippen molar-refractivity contribution in [2.75, 3.05) is 0 Å². The van der Waals surface area contributed by atoms with E-state index in [1.165, 1.54) is 11.1 Å². The second-order valence-corrected chi connectivity index (χ2v) is 8.10. The number of H-pyrrole nitrogens is 1. The molecule has 1 unspecified atom stereocenters. The largest absolute Gasteiger partial charge is 0.507 e. The first-order valence-electron chi connectivity index (χ1n) is 10.0. The Labute approximate surface area is 166 Å². The highest BCUT2D eigenvalue weighted by atomic mass is 16.3. The molecule has 4 aromatic rings. The van der Waals surface area contributed by atoms with Crippen molar-refractivity contribution in [2.45, 2.75) is 37.5 Å². The quantitative estimate of drug-likeness (QED) is 0.426. The number of aliphatic hydroxyl groups excluding tert-OH is 1. The Bertz CT molecular complexity index is 1290. The number of phenolic OH excluding ortho intramolecular Hbond substituents is 1. The molecular formula is C23H21N3O3. The number of aryl methyl sites for hydroxylation is 2. The van der Waals surface area contributed by atoms with E-state index in [1.807, 2.05) is 6.07 Å². The standard InChI is InChI=1S/C23H21N3O3/c27-17-8-2-7-16-18(17)14(10-24-16)19-20(23(29)25-22(19)28)15-11-26-9-3-5-12-4-1-6-13(15)21(12)26/h1-2,4,6-8,10-11,19-20,23-24,27,29H,3,5,9H2,(H,25,28)/t19-,20-,23?/m0/s1. The van der Waals surface area contributed by atoms with Crippen molar-refractivity contribution < 1.29 is 15.0 Å². The Hall–Kier alpha value is -3.25. The van der Waals surface area contributed by atoms with Gasteiger partial charge in [0.1, 0.15) is 12.0 Å². The molecule has 2 aliphatic rings. The van der Waals surface area contributed by atoms with Crippen LogP contribution in [0.5, 0.6) is 5.75 Å². The second kappa shape index (κ2) is 5.87. The van der Waals surface area contributed by atoms with Crippen LogP contribution in [0.4, 0.5) is 0 Å². The van der Waals surface area contributed by atoms with Gasteiger partial charge in [0.2, 0.25) is 5.91 Å².